The number of carboxylic acids is 1. The molecule has 0 spiro atoms. The number of anilines is 1. The van der Waals surface area contributed by atoms with Gasteiger partial charge in [0.25, 0.3) is 5.91 Å². The molecule has 21 heavy (non-hydrogen) atoms. The largest absolute Gasteiger partial charge is 0.496 e. The Morgan fingerprint density at radius 2 is 2.05 bits per heavy atom. The zero-order valence-electron chi connectivity index (χ0n) is 11.0. The molecule has 7 heteroatoms. The SMILES string of the molecule is COc1cc(Br)ccc1C(=O)Nc1ncccc1C(=O)O. The first-order chi connectivity index (χ1) is 10.0. The highest BCUT2D eigenvalue weighted by Gasteiger charge is 2.17. The number of nitrogens with zero attached hydrogens (tertiary/aromatic N) is 1. The molecule has 0 bridgehead atoms. The number of ether oxygens (including phenoxy) is 1. The fraction of sp³-hybridized carbons (Fsp3) is 0.0714. The van der Waals surface area contributed by atoms with Gasteiger partial charge >= 0.3 is 5.97 Å². The number of carbonyl (C=O) groups excluding carboxylic acids is 1. The number of aromatic carboxylic acids is 1. The van der Waals surface area contributed by atoms with Gasteiger partial charge in [-0.1, -0.05) is 15.9 Å². The van der Waals surface area contributed by atoms with E-state index in [-0.39, 0.29) is 16.9 Å². The standard InChI is InChI=1S/C14H11BrN2O4/c1-21-11-7-8(15)4-5-9(11)13(18)17-12-10(14(19)20)3-2-6-16-12/h2-7H,1H3,(H,19,20)(H,16,17,18). The molecule has 1 aromatic carbocycles. The highest BCUT2D eigenvalue weighted by atomic mass is 79.9. The Morgan fingerprint density at radius 1 is 1.29 bits per heavy atom. The lowest BCUT2D eigenvalue weighted by Crippen LogP contribution is -2.16. The molecule has 0 atom stereocenters. The van der Waals surface area contributed by atoms with Gasteiger partial charge in [-0.2, -0.15) is 0 Å². The molecule has 108 valence electrons. The summed E-state index contributed by atoms with van der Waals surface area (Å²) in [4.78, 5) is 27.2. The second-order valence-corrected chi connectivity index (χ2v) is 4.92. The number of aromatic nitrogens is 1. The van der Waals surface area contributed by atoms with Crippen molar-refractivity contribution in [1.29, 1.82) is 0 Å². The predicted octanol–water partition coefficient (Wildman–Crippen LogP) is 2.80. The zero-order valence-corrected chi connectivity index (χ0v) is 12.5. The van der Waals surface area contributed by atoms with Crippen molar-refractivity contribution in [2.24, 2.45) is 0 Å². The number of benzene rings is 1. The van der Waals surface area contributed by atoms with Crippen molar-refractivity contribution in [1.82, 2.24) is 4.98 Å². The van der Waals surface area contributed by atoms with E-state index in [9.17, 15) is 9.59 Å². The molecule has 1 amide bonds. The second kappa shape index (κ2) is 6.36. The van der Waals surface area contributed by atoms with Crippen molar-refractivity contribution in [2.75, 3.05) is 12.4 Å². The van der Waals surface area contributed by atoms with Crippen molar-refractivity contribution in [3.8, 4) is 5.75 Å². The van der Waals surface area contributed by atoms with Gasteiger partial charge in [-0.25, -0.2) is 9.78 Å². The number of carbonyl (C=O) groups is 2. The Balaban J connectivity index is 2.33. The average molecular weight is 351 g/mol. The average Bonchev–Trinajstić information content (AvgIpc) is 2.47. The number of carboxylic acid groups (broad SMARTS) is 1. The molecule has 2 N–H and O–H groups in total. The van der Waals surface area contributed by atoms with E-state index in [2.05, 4.69) is 26.2 Å². The maximum atomic E-state index is 12.2. The van der Waals surface area contributed by atoms with Crippen LogP contribution in [0.1, 0.15) is 20.7 Å². The maximum absolute atomic E-state index is 12.2. The van der Waals surface area contributed by atoms with E-state index in [0.29, 0.717) is 5.75 Å². The van der Waals surface area contributed by atoms with E-state index in [4.69, 9.17) is 9.84 Å². The Labute approximate surface area is 128 Å². The zero-order chi connectivity index (χ0) is 15.4. The lowest BCUT2D eigenvalue weighted by molar-refractivity contribution is 0.0697. The summed E-state index contributed by atoms with van der Waals surface area (Å²) in [5.74, 6) is -1.31. The molecular weight excluding hydrogens is 340 g/mol. The van der Waals surface area contributed by atoms with Crippen LogP contribution in [0.4, 0.5) is 5.82 Å². The first-order valence-electron chi connectivity index (χ1n) is 5.86. The third kappa shape index (κ3) is 3.38. The summed E-state index contributed by atoms with van der Waals surface area (Å²) in [7, 11) is 1.45. The fourth-order valence-electron chi connectivity index (χ4n) is 1.71. The monoisotopic (exact) mass is 350 g/mol. The Bertz CT molecular complexity index is 703. The lowest BCUT2D eigenvalue weighted by atomic mass is 10.2. The van der Waals surface area contributed by atoms with Crippen LogP contribution in [-0.2, 0) is 0 Å². The van der Waals surface area contributed by atoms with Crippen LogP contribution in [-0.4, -0.2) is 29.1 Å². The Hall–Kier alpha value is -2.41. The molecule has 0 unspecified atom stereocenters. The molecule has 0 aliphatic heterocycles. The van der Waals surface area contributed by atoms with Gasteiger partial charge < -0.3 is 15.2 Å². The van der Waals surface area contributed by atoms with E-state index in [1.165, 1.54) is 25.4 Å². The molecule has 0 saturated heterocycles. The smallest absolute Gasteiger partial charge is 0.339 e. The van der Waals surface area contributed by atoms with Gasteiger partial charge in [0.2, 0.25) is 0 Å². The minimum atomic E-state index is -1.17. The molecule has 0 saturated carbocycles. The predicted molar refractivity (Wildman–Crippen MR) is 79.8 cm³/mol. The lowest BCUT2D eigenvalue weighted by Gasteiger charge is -2.10. The molecule has 0 radical (unpaired) electrons. The number of methoxy groups -OCH3 is 1. The van der Waals surface area contributed by atoms with Crippen LogP contribution in [0, 0.1) is 0 Å². The maximum Gasteiger partial charge on any atom is 0.339 e. The van der Waals surface area contributed by atoms with Gasteiger partial charge in [0.15, 0.2) is 0 Å². The molecule has 0 aliphatic carbocycles. The van der Waals surface area contributed by atoms with Crippen molar-refractivity contribution in [3.63, 3.8) is 0 Å². The molecule has 1 heterocycles. The van der Waals surface area contributed by atoms with E-state index in [1.807, 2.05) is 0 Å². The van der Waals surface area contributed by atoms with Crippen molar-refractivity contribution in [2.45, 2.75) is 0 Å². The van der Waals surface area contributed by atoms with Crippen LogP contribution >= 0.6 is 15.9 Å². The molecule has 1 aromatic heterocycles. The Kier molecular flexibility index (Phi) is 4.54. The summed E-state index contributed by atoms with van der Waals surface area (Å²) in [6.45, 7) is 0. The second-order valence-electron chi connectivity index (χ2n) is 4.00. The van der Waals surface area contributed by atoms with Crippen molar-refractivity contribution < 1.29 is 19.4 Å². The van der Waals surface area contributed by atoms with Crippen molar-refractivity contribution in [3.05, 3.63) is 52.1 Å². The molecule has 0 aliphatic rings. The molecule has 2 rings (SSSR count). The van der Waals surface area contributed by atoms with Gasteiger partial charge in [-0.3, -0.25) is 4.79 Å². The minimum Gasteiger partial charge on any atom is -0.496 e. The van der Waals surface area contributed by atoms with Crippen LogP contribution in [0.15, 0.2) is 41.0 Å². The number of nitrogens with one attached hydrogen (secondary N) is 1. The highest BCUT2D eigenvalue weighted by molar-refractivity contribution is 9.10. The first kappa shape index (κ1) is 15.0. The molecule has 2 aromatic rings. The summed E-state index contributed by atoms with van der Waals surface area (Å²) in [6, 6.07) is 7.75. The quantitative estimate of drug-likeness (QED) is 0.884. The number of rotatable bonds is 4. The topological polar surface area (TPSA) is 88.5 Å². The third-order valence-corrected chi connectivity index (χ3v) is 3.17. The summed E-state index contributed by atoms with van der Waals surface area (Å²) in [5, 5.41) is 11.5. The van der Waals surface area contributed by atoms with Gasteiger partial charge in [-0.15, -0.1) is 0 Å². The van der Waals surface area contributed by atoms with Gasteiger partial charge in [0, 0.05) is 10.7 Å². The highest BCUT2D eigenvalue weighted by Crippen LogP contribution is 2.24. The summed E-state index contributed by atoms with van der Waals surface area (Å²) in [6.07, 6.45) is 1.40. The van der Waals surface area contributed by atoms with Crippen LogP contribution < -0.4 is 10.1 Å². The van der Waals surface area contributed by atoms with E-state index in [0.717, 1.165) is 4.47 Å². The van der Waals surface area contributed by atoms with Crippen LogP contribution in [0.2, 0.25) is 0 Å². The number of pyridine rings is 1. The number of amides is 1. The molecule has 0 fully saturated rings. The summed E-state index contributed by atoms with van der Waals surface area (Å²) in [5.41, 5.74) is 0.199. The van der Waals surface area contributed by atoms with Gasteiger partial charge in [0.05, 0.1) is 12.7 Å². The van der Waals surface area contributed by atoms with Crippen LogP contribution in [0.25, 0.3) is 0 Å². The van der Waals surface area contributed by atoms with E-state index in [1.54, 1.807) is 18.2 Å². The normalized spacial score (nSPS) is 10.0. The van der Waals surface area contributed by atoms with E-state index < -0.39 is 11.9 Å². The summed E-state index contributed by atoms with van der Waals surface area (Å²) < 4.78 is 5.90. The van der Waals surface area contributed by atoms with Gasteiger partial charge in [-0.05, 0) is 30.3 Å². The number of hydrogen-bond acceptors (Lipinski definition) is 4. The molecule has 6 nitrogen and oxygen atoms in total. The Morgan fingerprint density at radius 3 is 2.71 bits per heavy atom. The van der Waals surface area contributed by atoms with Gasteiger partial charge in [0.1, 0.15) is 17.1 Å². The minimum absolute atomic E-state index is 0.0139. The first-order valence-corrected chi connectivity index (χ1v) is 6.65. The molecular formula is C14H11BrN2O4. The fourth-order valence-corrected chi connectivity index (χ4v) is 2.05. The van der Waals surface area contributed by atoms with Crippen LogP contribution in [0.3, 0.4) is 0 Å². The van der Waals surface area contributed by atoms with Crippen LogP contribution in [0.5, 0.6) is 5.75 Å². The van der Waals surface area contributed by atoms with E-state index >= 15 is 0 Å². The summed E-state index contributed by atoms with van der Waals surface area (Å²) >= 11 is 3.28. The third-order valence-electron chi connectivity index (χ3n) is 2.68. The number of halogens is 1. The van der Waals surface area contributed by atoms with Crippen molar-refractivity contribution >= 4 is 33.6 Å². The number of hydrogen-bond donors (Lipinski definition) is 2.